The summed E-state index contributed by atoms with van der Waals surface area (Å²) in [6.45, 7) is 7.08. The summed E-state index contributed by atoms with van der Waals surface area (Å²) in [7, 11) is 0. The number of benzene rings is 4. The van der Waals surface area contributed by atoms with E-state index < -0.39 is 0 Å². The molecule has 4 aromatic carbocycles. The number of amides is 2. The standard InChI is InChI=1S/C41H39N7O2S2/c1-41(2,3)36-24-38(48(46-36)31-14-10-15-32(23-31)50-27-28-11-6-5-7-12-28)43-40(49)42-25-30-13-8-9-16-35(30)52-34-21-22-37-44-45-39(47(37)26-34)29-17-19-33(51-4)20-18-29/h5-24,26H,25,27H2,1-4H3,(H2,42,43,49). The van der Waals surface area contributed by atoms with Gasteiger partial charge in [0.25, 0.3) is 0 Å². The van der Waals surface area contributed by atoms with Crippen LogP contribution in [0.3, 0.4) is 0 Å². The Balaban J connectivity index is 1.06. The van der Waals surface area contributed by atoms with Crippen molar-refractivity contribution in [3.8, 4) is 22.8 Å². The van der Waals surface area contributed by atoms with E-state index in [1.165, 1.54) is 4.90 Å². The first kappa shape index (κ1) is 34.9. The van der Waals surface area contributed by atoms with Crippen LogP contribution in [0.1, 0.15) is 37.6 Å². The summed E-state index contributed by atoms with van der Waals surface area (Å²) in [5.74, 6) is 2.06. The van der Waals surface area contributed by atoms with Crippen molar-refractivity contribution >= 4 is 41.0 Å². The fourth-order valence-corrected chi connectivity index (χ4v) is 6.93. The van der Waals surface area contributed by atoms with Crippen molar-refractivity contribution in [2.75, 3.05) is 11.6 Å². The molecule has 0 radical (unpaired) electrons. The second kappa shape index (κ2) is 15.4. The third-order valence-electron chi connectivity index (χ3n) is 8.39. The van der Waals surface area contributed by atoms with E-state index in [0.717, 1.165) is 49.3 Å². The maximum atomic E-state index is 13.4. The molecular weight excluding hydrogens is 687 g/mol. The largest absolute Gasteiger partial charge is 0.489 e. The number of hydrogen-bond donors (Lipinski definition) is 2. The minimum absolute atomic E-state index is 0.231. The van der Waals surface area contributed by atoms with Crippen molar-refractivity contribution in [1.82, 2.24) is 29.7 Å². The highest BCUT2D eigenvalue weighted by Crippen LogP contribution is 2.32. The maximum Gasteiger partial charge on any atom is 0.320 e. The second-order valence-electron chi connectivity index (χ2n) is 13.2. The molecule has 11 heteroatoms. The molecule has 3 heterocycles. The lowest BCUT2D eigenvalue weighted by atomic mass is 9.92. The van der Waals surface area contributed by atoms with Crippen molar-refractivity contribution in [2.45, 2.75) is 54.0 Å². The molecule has 0 saturated heterocycles. The van der Waals surface area contributed by atoms with Gasteiger partial charge in [-0.2, -0.15) is 5.10 Å². The number of rotatable bonds is 11. The molecule has 0 atom stereocenters. The molecule has 0 aliphatic rings. The number of pyridine rings is 1. The van der Waals surface area contributed by atoms with Gasteiger partial charge >= 0.3 is 6.03 Å². The van der Waals surface area contributed by atoms with Gasteiger partial charge in [0, 0.05) is 50.5 Å². The van der Waals surface area contributed by atoms with Gasteiger partial charge in [-0.05, 0) is 59.8 Å². The van der Waals surface area contributed by atoms with Gasteiger partial charge in [-0.25, -0.2) is 9.48 Å². The number of anilines is 1. The zero-order chi connectivity index (χ0) is 36.1. The van der Waals surface area contributed by atoms with Crippen molar-refractivity contribution in [2.24, 2.45) is 0 Å². The van der Waals surface area contributed by atoms with Gasteiger partial charge in [0.15, 0.2) is 11.5 Å². The molecule has 7 aromatic rings. The van der Waals surface area contributed by atoms with Gasteiger partial charge < -0.3 is 10.1 Å². The van der Waals surface area contributed by atoms with E-state index in [1.54, 1.807) is 28.2 Å². The van der Waals surface area contributed by atoms with E-state index in [9.17, 15) is 4.79 Å². The summed E-state index contributed by atoms with van der Waals surface area (Å²) in [5.41, 5.74) is 5.26. The Labute approximate surface area is 311 Å². The number of thioether (sulfide) groups is 1. The third kappa shape index (κ3) is 8.17. The van der Waals surface area contributed by atoms with Crippen LogP contribution in [-0.4, -0.2) is 36.7 Å². The molecule has 0 spiro atoms. The van der Waals surface area contributed by atoms with Gasteiger partial charge in [-0.1, -0.05) is 99.3 Å². The Bertz CT molecular complexity index is 2310. The van der Waals surface area contributed by atoms with E-state index in [-0.39, 0.29) is 11.4 Å². The summed E-state index contributed by atoms with van der Waals surface area (Å²) in [6, 6.07) is 39.8. The zero-order valence-electron chi connectivity index (χ0n) is 29.4. The first-order chi connectivity index (χ1) is 25.2. The molecule has 2 N–H and O–H groups in total. The van der Waals surface area contributed by atoms with Crippen molar-refractivity contribution in [3.63, 3.8) is 0 Å². The average molecular weight is 726 g/mol. The molecule has 0 bridgehead atoms. The number of ether oxygens (including phenoxy) is 1. The van der Waals surface area contributed by atoms with Crippen LogP contribution in [0.5, 0.6) is 5.75 Å². The summed E-state index contributed by atoms with van der Waals surface area (Å²) in [6.07, 6.45) is 4.12. The fraction of sp³-hybridized carbons (Fsp3) is 0.171. The topological polar surface area (TPSA) is 98.4 Å². The SMILES string of the molecule is CSc1ccc(-c2nnc3ccc(Sc4ccccc4CNC(=O)Nc4cc(C(C)(C)C)nn4-c4cccc(OCc5ccccc5)c4)cn23)cc1. The maximum absolute atomic E-state index is 13.4. The van der Waals surface area contributed by atoms with E-state index in [0.29, 0.717) is 24.7 Å². The smallest absolute Gasteiger partial charge is 0.320 e. The predicted octanol–water partition coefficient (Wildman–Crippen LogP) is 9.65. The Kier molecular flexibility index (Phi) is 10.3. The molecule has 0 aliphatic heterocycles. The van der Waals surface area contributed by atoms with E-state index >= 15 is 0 Å². The minimum atomic E-state index is -0.332. The van der Waals surface area contributed by atoms with Crippen LogP contribution < -0.4 is 15.4 Å². The molecule has 262 valence electrons. The van der Waals surface area contributed by atoms with Crippen LogP contribution in [-0.2, 0) is 18.6 Å². The highest BCUT2D eigenvalue weighted by molar-refractivity contribution is 7.99. The highest BCUT2D eigenvalue weighted by Gasteiger charge is 2.22. The lowest BCUT2D eigenvalue weighted by Gasteiger charge is -2.14. The first-order valence-corrected chi connectivity index (χ1v) is 19.0. The van der Waals surface area contributed by atoms with Gasteiger partial charge in [0.2, 0.25) is 0 Å². The van der Waals surface area contributed by atoms with Crippen LogP contribution in [0.15, 0.2) is 142 Å². The van der Waals surface area contributed by atoms with Crippen LogP contribution in [0.25, 0.3) is 22.7 Å². The molecule has 0 aliphatic carbocycles. The zero-order valence-corrected chi connectivity index (χ0v) is 31.0. The summed E-state index contributed by atoms with van der Waals surface area (Å²) in [5, 5.41) is 19.9. The molecule has 52 heavy (non-hydrogen) atoms. The van der Waals surface area contributed by atoms with Gasteiger partial charge in [0.05, 0.1) is 11.4 Å². The van der Waals surface area contributed by atoms with Crippen LogP contribution in [0.2, 0.25) is 0 Å². The monoisotopic (exact) mass is 725 g/mol. The first-order valence-electron chi connectivity index (χ1n) is 16.9. The summed E-state index contributed by atoms with van der Waals surface area (Å²) in [4.78, 5) is 16.7. The summed E-state index contributed by atoms with van der Waals surface area (Å²) >= 11 is 3.34. The van der Waals surface area contributed by atoms with Crippen LogP contribution in [0, 0.1) is 0 Å². The quantitative estimate of drug-likeness (QED) is 0.128. The van der Waals surface area contributed by atoms with Crippen molar-refractivity contribution < 1.29 is 9.53 Å². The fourth-order valence-electron chi connectivity index (χ4n) is 5.56. The number of nitrogens with one attached hydrogen (secondary N) is 2. The van der Waals surface area contributed by atoms with Gasteiger partial charge in [-0.15, -0.1) is 22.0 Å². The predicted molar refractivity (Wildman–Crippen MR) is 210 cm³/mol. The van der Waals surface area contributed by atoms with Crippen LogP contribution in [0.4, 0.5) is 10.6 Å². The Morgan fingerprint density at radius 1 is 0.827 bits per heavy atom. The Morgan fingerprint density at radius 2 is 1.60 bits per heavy atom. The Morgan fingerprint density at radius 3 is 2.38 bits per heavy atom. The highest BCUT2D eigenvalue weighted by atomic mass is 32.2. The number of urea groups is 1. The molecule has 2 amide bonds. The number of nitrogens with zero attached hydrogens (tertiary/aromatic N) is 5. The number of aromatic nitrogens is 5. The van der Waals surface area contributed by atoms with E-state index in [1.807, 2.05) is 95.4 Å². The van der Waals surface area contributed by atoms with E-state index in [2.05, 4.69) is 84.4 Å². The second-order valence-corrected chi connectivity index (χ2v) is 15.2. The molecule has 0 fully saturated rings. The van der Waals surface area contributed by atoms with Crippen LogP contribution >= 0.6 is 23.5 Å². The number of carbonyl (C=O) groups is 1. The Hall–Kier alpha value is -5.52. The molecule has 9 nitrogen and oxygen atoms in total. The lowest BCUT2D eigenvalue weighted by molar-refractivity contribution is 0.251. The molecule has 0 saturated carbocycles. The van der Waals surface area contributed by atoms with Gasteiger partial charge in [-0.3, -0.25) is 9.72 Å². The third-order valence-corrected chi connectivity index (χ3v) is 10.2. The number of fused-ring (bicyclic) bond motifs is 1. The van der Waals surface area contributed by atoms with Crippen molar-refractivity contribution in [3.05, 3.63) is 144 Å². The average Bonchev–Trinajstić information content (AvgIpc) is 3.79. The normalized spacial score (nSPS) is 11.5. The number of hydrogen-bond acceptors (Lipinski definition) is 7. The molecular formula is C41H39N7O2S2. The molecule has 0 unspecified atom stereocenters. The van der Waals surface area contributed by atoms with Gasteiger partial charge in [0.1, 0.15) is 18.2 Å². The minimum Gasteiger partial charge on any atom is -0.489 e. The summed E-state index contributed by atoms with van der Waals surface area (Å²) < 4.78 is 9.86. The molecule has 7 rings (SSSR count). The molecule has 3 aromatic heterocycles. The lowest BCUT2D eigenvalue weighted by Crippen LogP contribution is -2.29. The van der Waals surface area contributed by atoms with Crippen molar-refractivity contribution in [1.29, 1.82) is 0 Å². The van der Waals surface area contributed by atoms with E-state index in [4.69, 9.17) is 9.84 Å². The number of carbonyl (C=O) groups excluding carboxylic acids is 1.